The first-order valence-electron chi connectivity index (χ1n) is 9.60. The molecule has 0 aliphatic carbocycles. The highest BCUT2D eigenvalue weighted by molar-refractivity contribution is 5.91. The molecule has 144 valence electrons. The van der Waals surface area contributed by atoms with E-state index in [9.17, 15) is 4.79 Å². The molecule has 1 saturated heterocycles. The Hall–Kier alpha value is -2.33. The van der Waals surface area contributed by atoms with Gasteiger partial charge >= 0.3 is 0 Å². The molecule has 1 amide bonds. The van der Waals surface area contributed by atoms with Gasteiger partial charge in [-0.2, -0.15) is 0 Å². The zero-order valence-corrected chi connectivity index (χ0v) is 16.4. The van der Waals surface area contributed by atoms with E-state index in [4.69, 9.17) is 9.47 Å². The Morgan fingerprint density at radius 3 is 2.52 bits per heavy atom. The third kappa shape index (κ3) is 5.33. The summed E-state index contributed by atoms with van der Waals surface area (Å²) in [6, 6.07) is 17.8. The average molecular weight is 367 g/mol. The zero-order valence-electron chi connectivity index (χ0n) is 16.4. The normalized spacial score (nSPS) is 19.9. The highest BCUT2D eigenvalue weighted by Crippen LogP contribution is 2.40. The van der Waals surface area contributed by atoms with Gasteiger partial charge in [0.2, 0.25) is 5.91 Å². The summed E-state index contributed by atoms with van der Waals surface area (Å²) in [7, 11) is 1.63. The summed E-state index contributed by atoms with van der Waals surface area (Å²) in [4.78, 5) is 12.8. The molecule has 1 N–H and O–H groups in total. The van der Waals surface area contributed by atoms with Gasteiger partial charge < -0.3 is 14.8 Å². The van der Waals surface area contributed by atoms with Gasteiger partial charge in [0.25, 0.3) is 0 Å². The maximum atomic E-state index is 12.8. The van der Waals surface area contributed by atoms with Gasteiger partial charge in [-0.1, -0.05) is 30.3 Å². The largest absolute Gasteiger partial charge is 0.497 e. The first-order valence-corrected chi connectivity index (χ1v) is 9.60. The monoisotopic (exact) mass is 367 g/mol. The molecule has 2 aromatic rings. The van der Waals surface area contributed by atoms with Crippen molar-refractivity contribution in [2.45, 2.75) is 44.6 Å². The number of amides is 1. The number of carbonyl (C=O) groups excluding carboxylic acids is 1. The summed E-state index contributed by atoms with van der Waals surface area (Å²) in [5.41, 5.74) is 1.88. The molecule has 3 rings (SSSR count). The predicted molar refractivity (Wildman–Crippen MR) is 108 cm³/mol. The van der Waals surface area contributed by atoms with Gasteiger partial charge in [-0.25, -0.2) is 0 Å². The van der Waals surface area contributed by atoms with Crippen LogP contribution in [0.3, 0.4) is 0 Å². The minimum absolute atomic E-state index is 0.0401. The van der Waals surface area contributed by atoms with E-state index in [0.717, 1.165) is 30.9 Å². The molecule has 4 nitrogen and oxygen atoms in total. The van der Waals surface area contributed by atoms with Gasteiger partial charge in [0.05, 0.1) is 12.7 Å². The van der Waals surface area contributed by atoms with Crippen molar-refractivity contribution >= 4 is 11.6 Å². The van der Waals surface area contributed by atoms with Crippen molar-refractivity contribution in [3.63, 3.8) is 0 Å². The second-order valence-corrected chi connectivity index (χ2v) is 7.86. The molecule has 27 heavy (non-hydrogen) atoms. The van der Waals surface area contributed by atoms with E-state index in [1.54, 1.807) is 7.11 Å². The van der Waals surface area contributed by atoms with Crippen LogP contribution in [-0.4, -0.2) is 25.2 Å². The summed E-state index contributed by atoms with van der Waals surface area (Å²) in [5.74, 6) is 1.43. The summed E-state index contributed by atoms with van der Waals surface area (Å²) in [6.07, 6.45) is 2.41. The number of nitrogens with one attached hydrogen (secondary N) is 1. The molecule has 0 saturated carbocycles. The lowest BCUT2D eigenvalue weighted by Crippen LogP contribution is -2.37. The van der Waals surface area contributed by atoms with Crippen molar-refractivity contribution < 1.29 is 14.3 Å². The molecule has 1 aliphatic heterocycles. The first kappa shape index (κ1) is 19.4. The molecular formula is C23H29NO3. The number of rotatable bonds is 6. The van der Waals surface area contributed by atoms with Crippen LogP contribution in [0.15, 0.2) is 54.6 Å². The van der Waals surface area contributed by atoms with E-state index < -0.39 is 0 Å². The van der Waals surface area contributed by atoms with Crippen molar-refractivity contribution in [2.75, 3.05) is 19.0 Å². The minimum atomic E-state index is -0.137. The molecule has 0 radical (unpaired) electrons. The van der Waals surface area contributed by atoms with Crippen LogP contribution in [0, 0.1) is 5.92 Å². The number of benzene rings is 2. The number of ether oxygens (including phenoxy) is 2. The minimum Gasteiger partial charge on any atom is -0.497 e. The van der Waals surface area contributed by atoms with Crippen LogP contribution < -0.4 is 10.1 Å². The third-order valence-electron chi connectivity index (χ3n) is 5.31. The molecule has 1 aliphatic rings. The third-order valence-corrected chi connectivity index (χ3v) is 5.31. The van der Waals surface area contributed by atoms with E-state index in [1.165, 1.54) is 5.56 Å². The van der Waals surface area contributed by atoms with Crippen LogP contribution in [0.5, 0.6) is 5.75 Å². The standard InChI is InChI=1S/C23H29NO3/c1-23(2)16-18(13-14-27-23)21(17-7-5-4-6-8-17)15-22(25)24-19-9-11-20(26-3)12-10-19/h4-12,18,21H,13-16H2,1-3H3,(H,24,25)/t18-,21-/m1/s1. The molecule has 1 fully saturated rings. The van der Waals surface area contributed by atoms with Gasteiger partial charge in [0.15, 0.2) is 0 Å². The Morgan fingerprint density at radius 1 is 1.19 bits per heavy atom. The maximum Gasteiger partial charge on any atom is 0.224 e. The quantitative estimate of drug-likeness (QED) is 0.780. The SMILES string of the molecule is COc1ccc(NC(=O)C[C@H](c2ccccc2)[C@@H]2CCOC(C)(C)C2)cc1. The summed E-state index contributed by atoms with van der Waals surface area (Å²) >= 11 is 0. The van der Waals surface area contributed by atoms with Crippen molar-refractivity contribution in [3.8, 4) is 5.75 Å². The molecule has 0 spiro atoms. The number of hydrogen-bond donors (Lipinski definition) is 1. The van der Waals surface area contributed by atoms with Gasteiger partial charge in [0, 0.05) is 18.7 Å². The second kappa shape index (κ2) is 8.57. The number of hydrogen-bond acceptors (Lipinski definition) is 3. The Kier molecular flexibility index (Phi) is 6.17. The van der Waals surface area contributed by atoms with Gasteiger partial charge in [0.1, 0.15) is 5.75 Å². The highest BCUT2D eigenvalue weighted by atomic mass is 16.5. The highest BCUT2D eigenvalue weighted by Gasteiger charge is 2.35. The van der Waals surface area contributed by atoms with Crippen LogP contribution in [0.4, 0.5) is 5.69 Å². The zero-order chi connectivity index (χ0) is 19.3. The van der Waals surface area contributed by atoms with Crippen LogP contribution in [0.1, 0.15) is 44.6 Å². The van der Waals surface area contributed by atoms with Crippen molar-refractivity contribution in [3.05, 3.63) is 60.2 Å². The molecule has 0 aromatic heterocycles. The van der Waals surface area contributed by atoms with Gasteiger partial charge in [-0.05, 0) is 68.4 Å². The fraction of sp³-hybridized carbons (Fsp3) is 0.435. The maximum absolute atomic E-state index is 12.8. The van der Waals surface area contributed by atoms with Gasteiger partial charge in [-0.15, -0.1) is 0 Å². The van der Waals surface area contributed by atoms with Crippen molar-refractivity contribution in [1.82, 2.24) is 0 Å². The molecule has 2 atom stereocenters. The summed E-state index contributed by atoms with van der Waals surface area (Å²) in [5, 5.41) is 3.03. The van der Waals surface area contributed by atoms with Crippen molar-refractivity contribution in [1.29, 1.82) is 0 Å². The lowest BCUT2D eigenvalue weighted by molar-refractivity contribution is -0.118. The number of anilines is 1. The molecular weight excluding hydrogens is 338 g/mol. The Balaban J connectivity index is 1.73. The average Bonchev–Trinajstić information content (AvgIpc) is 2.66. The molecule has 1 heterocycles. The van der Waals surface area contributed by atoms with Crippen LogP contribution in [0.2, 0.25) is 0 Å². The van der Waals surface area contributed by atoms with E-state index in [-0.39, 0.29) is 17.4 Å². The summed E-state index contributed by atoms with van der Waals surface area (Å²) < 4.78 is 11.1. The second-order valence-electron chi connectivity index (χ2n) is 7.86. The van der Waals surface area contributed by atoms with Crippen molar-refractivity contribution in [2.24, 2.45) is 5.92 Å². The predicted octanol–water partition coefficient (Wildman–Crippen LogP) is 5.01. The molecule has 0 bridgehead atoms. The lowest BCUT2D eigenvalue weighted by atomic mass is 9.75. The smallest absolute Gasteiger partial charge is 0.224 e. The fourth-order valence-electron chi connectivity index (χ4n) is 3.97. The van der Waals surface area contributed by atoms with E-state index in [2.05, 4.69) is 31.3 Å². The van der Waals surface area contributed by atoms with Crippen LogP contribution in [-0.2, 0) is 9.53 Å². The molecule has 4 heteroatoms. The molecule has 0 unspecified atom stereocenters. The number of carbonyl (C=O) groups is 1. The van der Waals surface area contributed by atoms with E-state index >= 15 is 0 Å². The molecule has 2 aromatic carbocycles. The van der Waals surface area contributed by atoms with E-state index in [1.807, 2.05) is 42.5 Å². The first-order chi connectivity index (χ1) is 13.0. The Bertz CT molecular complexity index is 740. The van der Waals surface area contributed by atoms with Gasteiger partial charge in [-0.3, -0.25) is 4.79 Å². The topological polar surface area (TPSA) is 47.6 Å². The Morgan fingerprint density at radius 2 is 1.89 bits per heavy atom. The number of methoxy groups -OCH3 is 1. The van der Waals surface area contributed by atoms with Crippen LogP contribution in [0.25, 0.3) is 0 Å². The van der Waals surface area contributed by atoms with E-state index in [0.29, 0.717) is 12.3 Å². The fourth-order valence-corrected chi connectivity index (χ4v) is 3.97. The Labute approximate surface area is 161 Å². The lowest BCUT2D eigenvalue weighted by Gasteiger charge is -2.39. The van der Waals surface area contributed by atoms with Crippen LogP contribution >= 0.6 is 0 Å². The summed E-state index contributed by atoms with van der Waals surface area (Å²) in [6.45, 7) is 5.03.